The minimum atomic E-state index is 0.641. The molecule has 0 spiro atoms. The topological polar surface area (TPSA) is 24.1 Å². The summed E-state index contributed by atoms with van der Waals surface area (Å²) in [6, 6.07) is 18.3. The number of nitrogens with one attached hydrogen (secondary N) is 2. The first-order valence-electron chi connectivity index (χ1n) is 5.89. The highest BCUT2D eigenvalue weighted by atomic mass is 32.1. The molecule has 2 aromatic rings. The summed E-state index contributed by atoms with van der Waals surface area (Å²) in [7, 11) is 0. The first kappa shape index (κ1) is 12.6. The average Bonchev–Trinajstić information content (AvgIpc) is 2.40. The van der Waals surface area contributed by atoms with Gasteiger partial charge in [0, 0.05) is 12.2 Å². The SMILES string of the molecule is Cc1ccc(NC(=S)NCc2ccccc2)cc1. The van der Waals surface area contributed by atoms with E-state index in [1.54, 1.807) is 0 Å². The predicted octanol–water partition coefficient (Wildman–Crippen LogP) is 3.48. The molecule has 0 saturated carbocycles. The van der Waals surface area contributed by atoms with Crippen LogP contribution in [0.25, 0.3) is 0 Å². The van der Waals surface area contributed by atoms with Gasteiger partial charge in [-0.25, -0.2) is 0 Å². The van der Waals surface area contributed by atoms with Crippen molar-refractivity contribution in [1.82, 2.24) is 5.32 Å². The Morgan fingerprint density at radius 3 is 2.33 bits per heavy atom. The zero-order valence-electron chi connectivity index (χ0n) is 10.3. The van der Waals surface area contributed by atoms with Crippen molar-refractivity contribution in [1.29, 1.82) is 0 Å². The summed E-state index contributed by atoms with van der Waals surface area (Å²) in [5, 5.41) is 6.98. The van der Waals surface area contributed by atoms with Crippen molar-refractivity contribution >= 4 is 23.0 Å². The van der Waals surface area contributed by atoms with E-state index in [2.05, 4.69) is 41.8 Å². The van der Waals surface area contributed by atoms with E-state index in [9.17, 15) is 0 Å². The van der Waals surface area contributed by atoms with Gasteiger partial charge in [0.05, 0.1) is 0 Å². The predicted molar refractivity (Wildman–Crippen MR) is 80.7 cm³/mol. The third kappa shape index (κ3) is 3.86. The molecule has 2 nitrogen and oxygen atoms in total. The molecule has 2 aromatic carbocycles. The van der Waals surface area contributed by atoms with Crippen LogP contribution in [0.5, 0.6) is 0 Å². The van der Waals surface area contributed by atoms with E-state index in [1.807, 2.05) is 30.3 Å². The summed E-state index contributed by atoms with van der Waals surface area (Å²) >= 11 is 5.25. The van der Waals surface area contributed by atoms with Crippen molar-refractivity contribution in [2.24, 2.45) is 0 Å². The van der Waals surface area contributed by atoms with Crippen LogP contribution >= 0.6 is 12.2 Å². The van der Waals surface area contributed by atoms with E-state index in [1.165, 1.54) is 11.1 Å². The number of hydrogen-bond acceptors (Lipinski definition) is 1. The molecule has 0 aliphatic rings. The molecule has 0 unspecified atom stereocenters. The number of benzene rings is 2. The Morgan fingerprint density at radius 2 is 1.67 bits per heavy atom. The van der Waals surface area contributed by atoms with Crippen molar-refractivity contribution in [2.45, 2.75) is 13.5 Å². The molecule has 2 N–H and O–H groups in total. The second-order valence-electron chi connectivity index (χ2n) is 4.16. The fourth-order valence-corrected chi connectivity index (χ4v) is 1.78. The second kappa shape index (κ2) is 6.17. The quantitative estimate of drug-likeness (QED) is 0.822. The molecular formula is C15H16N2S. The maximum absolute atomic E-state index is 5.25. The van der Waals surface area contributed by atoms with Gasteiger partial charge in [0.15, 0.2) is 5.11 Å². The highest BCUT2D eigenvalue weighted by Gasteiger charge is 1.97. The van der Waals surface area contributed by atoms with E-state index in [0.717, 1.165) is 12.2 Å². The van der Waals surface area contributed by atoms with Crippen molar-refractivity contribution in [2.75, 3.05) is 5.32 Å². The zero-order valence-corrected chi connectivity index (χ0v) is 11.1. The van der Waals surface area contributed by atoms with Crippen LogP contribution in [-0.2, 0) is 6.54 Å². The minimum absolute atomic E-state index is 0.641. The smallest absolute Gasteiger partial charge is 0.171 e. The fourth-order valence-electron chi connectivity index (χ4n) is 1.59. The number of aryl methyl sites for hydroxylation is 1. The molecule has 0 fully saturated rings. The van der Waals surface area contributed by atoms with Crippen LogP contribution in [0.1, 0.15) is 11.1 Å². The van der Waals surface area contributed by atoms with Crippen LogP contribution in [0.3, 0.4) is 0 Å². The highest BCUT2D eigenvalue weighted by molar-refractivity contribution is 7.80. The summed E-state index contributed by atoms with van der Waals surface area (Å²) in [5.74, 6) is 0. The molecule has 0 bridgehead atoms. The lowest BCUT2D eigenvalue weighted by atomic mass is 10.2. The summed E-state index contributed by atoms with van der Waals surface area (Å²) in [6.45, 7) is 2.80. The van der Waals surface area contributed by atoms with Gasteiger partial charge in [0.2, 0.25) is 0 Å². The maximum Gasteiger partial charge on any atom is 0.171 e. The van der Waals surface area contributed by atoms with E-state index >= 15 is 0 Å². The molecule has 0 aromatic heterocycles. The Bertz CT molecular complexity index is 506. The van der Waals surface area contributed by atoms with Crippen LogP contribution in [-0.4, -0.2) is 5.11 Å². The third-order valence-corrected chi connectivity index (χ3v) is 2.85. The normalized spacial score (nSPS) is 9.83. The number of hydrogen-bond donors (Lipinski definition) is 2. The minimum Gasteiger partial charge on any atom is -0.358 e. The molecule has 0 radical (unpaired) electrons. The van der Waals surface area contributed by atoms with E-state index in [-0.39, 0.29) is 0 Å². The lowest BCUT2D eigenvalue weighted by Crippen LogP contribution is -2.27. The van der Waals surface area contributed by atoms with Gasteiger partial charge in [-0.15, -0.1) is 0 Å². The van der Waals surface area contributed by atoms with Crippen LogP contribution in [0.4, 0.5) is 5.69 Å². The molecule has 0 saturated heterocycles. The molecule has 2 rings (SSSR count). The van der Waals surface area contributed by atoms with Crippen molar-refractivity contribution < 1.29 is 0 Å². The largest absolute Gasteiger partial charge is 0.358 e. The Hall–Kier alpha value is -1.87. The second-order valence-corrected chi connectivity index (χ2v) is 4.57. The Balaban J connectivity index is 1.84. The molecular weight excluding hydrogens is 240 g/mol. The zero-order chi connectivity index (χ0) is 12.8. The fraction of sp³-hybridized carbons (Fsp3) is 0.133. The molecule has 92 valence electrons. The van der Waals surface area contributed by atoms with Crippen molar-refractivity contribution in [3.05, 3.63) is 65.7 Å². The Labute approximate surface area is 113 Å². The van der Waals surface area contributed by atoms with Gasteiger partial charge in [-0.05, 0) is 36.8 Å². The molecule has 0 amide bonds. The molecule has 0 heterocycles. The van der Waals surface area contributed by atoms with Crippen molar-refractivity contribution in [3.63, 3.8) is 0 Å². The van der Waals surface area contributed by atoms with Crippen molar-refractivity contribution in [3.8, 4) is 0 Å². The van der Waals surface area contributed by atoms with E-state index in [0.29, 0.717) is 5.11 Å². The Morgan fingerprint density at radius 1 is 1.00 bits per heavy atom. The lowest BCUT2D eigenvalue weighted by molar-refractivity contribution is 0.926. The van der Waals surface area contributed by atoms with Crippen LogP contribution < -0.4 is 10.6 Å². The first-order valence-corrected chi connectivity index (χ1v) is 6.30. The van der Waals surface area contributed by atoms with Gasteiger partial charge < -0.3 is 10.6 Å². The van der Waals surface area contributed by atoms with Gasteiger partial charge >= 0.3 is 0 Å². The summed E-state index contributed by atoms with van der Waals surface area (Å²) in [4.78, 5) is 0. The molecule has 18 heavy (non-hydrogen) atoms. The third-order valence-electron chi connectivity index (χ3n) is 2.61. The average molecular weight is 256 g/mol. The van der Waals surface area contributed by atoms with E-state index in [4.69, 9.17) is 12.2 Å². The maximum atomic E-state index is 5.25. The van der Waals surface area contributed by atoms with Crippen LogP contribution in [0, 0.1) is 6.92 Å². The Kier molecular flexibility index (Phi) is 4.31. The van der Waals surface area contributed by atoms with Gasteiger partial charge in [0.25, 0.3) is 0 Å². The summed E-state index contributed by atoms with van der Waals surface area (Å²) in [6.07, 6.45) is 0. The highest BCUT2D eigenvalue weighted by Crippen LogP contribution is 2.08. The van der Waals surface area contributed by atoms with Crippen LogP contribution in [0.15, 0.2) is 54.6 Å². The number of thiocarbonyl (C=S) groups is 1. The summed E-state index contributed by atoms with van der Waals surface area (Å²) in [5.41, 5.74) is 3.46. The first-order chi connectivity index (χ1) is 8.74. The molecule has 0 aliphatic carbocycles. The van der Waals surface area contributed by atoms with Gasteiger partial charge in [0.1, 0.15) is 0 Å². The number of anilines is 1. The van der Waals surface area contributed by atoms with Gasteiger partial charge in [-0.2, -0.15) is 0 Å². The summed E-state index contributed by atoms with van der Waals surface area (Å²) < 4.78 is 0. The monoisotopic (exact) mass is 256 g/mol. The van der Waals surface area contributed by atoms with Crippen LogP contribution in [0.2, 0.25) is 0 Å². The van der Waals surface area contributed by atoms with Gasteiger partial charge in [-0.1, -0.05) is 48.0 Å². The van der Waals surface area contributed by atoms with Gasteiger partial charge in [-0.3, -0.25) is 0 Å². The molecule has 0 atom stereocenters. The van der Waals surface area contributed by atoms with E-state index < -0.39 is 0 Å². The number of rotatable bonds is 3. The molecule has 0 aliphatic heterocycles. The standard InChI is InChI=1S/C15H16N2S/c1-12-7-9-14(10-8-12)17-15(18)16-11-13-5-3-2-4-6-13/h2-10H,11H2,1H3,(H2,16,17,18). The molecule has 3 heteroatoms. The lowest BCUT2D eigenvalue weighted by Gasteiger charge is -2.10.